The minimum absolute atomic E-state index is 0.0420. The van der Waals surface area contributed by atoms with Crippen molar-refractivity contribution in [3.05, 3.63) is 29.1 Å². The summed E-state index contributed by atoms with van der Waals surface area (Å²) in [6.07, 6.45) is -0.0154. The van der Waals surface area contributed by atoms with Crippen molar-refractivity contribution in [1.29, 1.82) is 0 Å². The van der Waals surface area contributed by atoms with Crippen molar-refractivity contribution in [2.45, 2.75) is 26.4 Å². The molecule has 0 heterocycles. The van der Waals surface area contributed by atoms with Crippen LogP contribution in [0, 0.1) is 17.7 Å². The zero-order chi connectivity index (χ0) is 11.4. The largest absolute Gasteiger partial charge is 0.395 e. The van der Waals surface area contributed by atoms with Crippen LogP contribution in [0.3, 0.4) is 0 Å². The average Bonchev–Trinajstić information content (AvgIpc) is 2.19. The number of nitrogen functional groups attached to an aromatic ring is 1. The summed E-state index contributed by atoms with van der Waals surface area (Å²) in [5.74, 6) is 4.75. The van der Waals surface area contributed by atoms with Gasteiger partial charge in [0.25, 0.3) is 0 Å². The molecule has 0 aliphatic rings. The highest BCUT2D eigenvalue weighted by Gasteiger charge is 2.05. The van der Waals surface area contributed by atoms with E-state index in [-0.39, 0.29) is 5.69 Å². The maximum Gasteiger partial charge on any atom is 0.147 e. The zero-order valence-corrected chi connectivity index (χ0v) is 8.84. The molecule has 1 atom stereocenters. The van der Waals surface area contributed by atoms with Gasteiger partial charge in [0.2, 0.25) is 0 Å². The second-order valence-corrected chi connectivity index (χ2v) is 3.34. The van der Waals surface area contributed by atoms with Crippen molar-refractivity contribution in [1.82, 2.24) is 0 Å². The summed E-state index contributed by atoms with van der Waals surface area (Å²) in [7, 11) is 0. The summed E-state index contributed by atoms with van der Waals surface area (Å²) >= 11 is 0. The quantitative estimate of drug-likeness (QED) is 0.544. The highest BCUT2D eigenvalue weighted by Crippen LogP contribution is 2.18. The zero-order valence-electron chi connectivity index (χ0n) is 8.84. The van der Waals surface area contributed by atoms with Crippen LogP contribution in [0.4, 0.5) is 10.1 Å². The van der Waals surface area contributed by atoms with Crippen molar-refractivity contribution >= 4 is 5.69 Å². The van der Waals surface area contributed by atoms with Gasteiger partial charge in [-0.05, 0) is 31.0 Å². The van der Waals surface area contributed by atoms with E-state index in [0.717, 1.165) is 12.0 Å². The van der Waals surface area contributed by atoms with Gasteiger partial charge in [-0.3, -0.25) is 0 Å². The van der Waals surface area contributed by atoms with Crippen LogP contribution in [0.1, 0.15) is 25.0 Å². The lowest BCUT2D eigenvalue weighted by Crippen LogP contribution is -1.99. The van der Waals surface area contributed by atoms with Crippen molar-refractivity contribution in [2.75, 3.05) is 5.73 Å². The first-order chi connectivity index (χ1) is 7.04. The van der Waals surface area contributed by atoms with E-state index in [1.54, 1.807) is 13.0 Å². The molecule has 0 saturated heterocycles. The third kappa shape index (κ3) is 2.97. The highest BCUT2D eigenvalue weighted by molar-refractivity contribution is 5.58. The third-order valence-corrected chi connectivity index (χ3v) is 2.01. The second-order valence-electron chi connectivity index (χ2n) is 3.34. The van der Waals surface area contributed by atoms with Crippen LogP contribution in [0.15, 0.2) is 12.1 Å². The van der Waals surface area contributed by atoms with Crippen molar-refractivity contribution in [3.63, 3.8) is 0 Å². The molecule has 0 radical (unpaired) electrons. The van der Waals surface area contributed by atoms with Crippen molar-refractivity contribution in [3.8, 4) is 11.8 Å². The van der Waals surface area contributed by atoms with Gasteiger partial charge in [0.05, 0.1) is 11.3 Å². The summed E-state index contributed by atoms with van der Waals surface area (Å²) in [5, 5.41) is 8.99. The Bertz CT molecular complexity index is 416. The Morgan fingerprint density at radius 1 is 1.53 bits per heavy atom. The normalized spacial score (nSPS) is 11.7. The Morgan fingerprint density at radius 2 is 2.20 bits per heavy atom. The molecule has 0 unspecified atom stereocenters. The average molecular weight is 207 g/mol. The van der Waals surface area contributed by atoms with E-state index in [1.807, 2.05) is 6.92 Å². The number of halogens is 1. The number of aliphatic hydroxyl groups is 1. The molecule has 0 aliphatic heterocycles. The van der Waals surface area contributed by atoms with Gasteiger partial charge in [0, 0.05) is 0 Å². The molecule has 0 saturated carbocycles. The standard InChI is InChI=1S/C12H14FNO/c1-3-9-6-10(5-4-8(2)15)12(14)11(13)7-9/h6-8,15H,3,14H2,1-2H3/t8-/m1/s1. The van der Waals surface area contributed by atoms with Gasteiger partial charge in [0.15, 0.2) is 0 Å². The van der Waals surface area contributed by atoms with Gasteiger partial charge in [-0.1, -0.05) is 18.8 Å². The molecule has 15 heavy (non-hydrogen) atoms. The van der Waals surface area contributed by atoms with Crippen LogP contribution in [0.2, 0.25) is 0 Å². The fourth-order valence-corrected chi connectivity index (χ4v) is 1.16. The molecule has 0 bridgehead atoms. The molecule has 80 valence electrons. The number of nitrogens with two attached hydrogens (primary N) is 1. The number of aliphatic hydroxyl groups excluding tert-OH is 1. The van der Waals surface area contributed by atoms with Crippen molar-refractivity contribution < 1.29 is 9.50 Å². The summed E-state index contributed by atoms with van der Waals surface area (Å²) in [5.41, 5.74) is 6.86. The van der Waals surface area contributed by atoms with Gasteiger partial charge < -0.3 is 10.8 Å². The number of rotatable bonds is 1. The molecule has 0 fully saturated rings. The van der Waals surface area contributed by atoms with Gasteiger partial charge in [-0.25, -0.2) is 4.39 Å². The first-order valence-electron chi connectivity index (χ1n) is 4.82. The number of hydrogen-bond donors (Lipinski definition) is 2. The lowest BCUT2D eigenvalue weighted by Gasteiger charge is -2.03. The summed E-state index contributed by atoms with van der Waals surface area (Å²) in [4.78, 5) is 0. The molecule has 0 aromatic heterocycles. The number of aryl methyl sites for hydroxylation is 1. The monoisotopic (exact) mass is 207 g/mol. The van der Waals surface area contributed by atoms with Gasteiger partial charge >= 0.3 is 0 Å². The predicted molar refractivity (Wildman–Crippen MR) is 58.7 cm³/mol. The van der Waals surface area contributed by atoms with Crippen LogP contribution < -0.4 is 5.73 Å². The van der Waals surface area contributed by atoms with E-state index in [1.165, 1.54) is 6.07 Å². The van der Waals surface area contributed by atoms with Crippen LogP contribution in [0.25, 0.3) is 0 Å². The minimum Gasteiger partial charge on any atom is -0.395 e. The first kappa shape index (κ1) is 11.5. The van der Waals surface area contributed by atoms with Crippen LogP contribution in [0.5, 0.6) is 0 Å². The molecule has 3 heteroatoms. The number of anilines is 1. The molecule has 0 amide bonds. The van der Waals surface area contributed by atoms with E-state index in [2.05, 4.69) is 11.8 Å². The minimum atomic E-state index is -0.738. The maximum atomic E-state index is 13.3. The highest BCUT2D eigenvalue weighted by atomic mass is 19.1. The topological polar surface area (TPSA) is 46.2 Å². The van der Waals surface area contributed by atoms with Gasteiger partial charge in [0.1, 0.15) is 11.9 Å². The maximum absolute atomic E-state index is 13.3. The molecule has 0 aliphatic carbocycles. The van der Waals surface area contributed by atoms with E-state index >= 15 is 0 Å². The Balaban J connectivity index is 3.18. The van der Waals surface area contributed by atoms with Crippen LogP contribution in [-0.4, -0.2) is 11.2 Å². The molecule has 2 nitrogen and oxygen atoms in total. The van der Waals surface area contributed by atoms with Crippen LogP contribution in [-0.2, 0) is 6.42 Å². The molecule has 1 aromatic rings. The smallest absolute Gasteiger partial charge is 0.147 e. The van der Waals surface area contributed by atoms with E-state index in [4.69, 9.17) is 10.8 Å². The molecule has 0 spiro atoms. The summed E-state index contributed by atoms with van der Waals surface area (Å²) < 4.78 is 13.3. The second kappa shape index (κ2) is 4.81. The van der Waals surface area contributed by atoms with E-state index in [9.17, 15) is 4.39 Å². The van der Waals surface area contributed by atoms with Crippen LogP contribution >= 0.6 is 0 Å². The lowest BCUT2D eigenvalue weighted by atomic mass is 10.1. The fourth-order valence-electron chi connectivity index (χ4n) is 1.16. The number of hydrogen-bond acceptors (Lipinski definition) is 2. The first-order valence-corrected chi connectivity index (χ1v) is 4.82. The van der Waals surface area contributed by atoms with Gasteiger partial charge in [-0.15, -0.1) is 0 Å². The SMILES string of the molecule is CCc1cc(F)c(N)c(C#C[C@@H](C)O)c1. The number of benzene rings is 1. The Kier molecular flexibility index (Phi) is 3.70. The van der Waals surface area contributed by atoms with Gasteiger partial charge in [-0.2, -0.15) is 0 Å². The molecular weight excluding hydrogens is 193 g/mol. The van der Waals surface area contributed by atoms with E-state index < -0.39 is 11.9 Å². The third-order valence-electron chi connectivity index (χ3n) is 2.01. The van der Waals surface area contributed by atoms with Crippen molar-refractivity contribution in [2.24, 2.45) is 0 Å². The molecule has 1 aromatic carbocycles. The molecule has 1 rings (SSSR count). The summed E-state index contributed by atoms with van der Waals surface area (Å²) in [6.45, 7) is 3.47. The lowest BCUT2D eigenvalue weighted by molar-refractivity contribution is 0.253. The Hall–Kier alpha value is -1.53. The Morgan fingerprint density at radius 3 is 2.73 bits per heavy atom. The molecular formula is C12H14FNO. The Labute approximate surface area is 88.9 Å². The summed E-state index contributed by atoms with van der Waals surface area (Å²) in [6, 6.07) is 3.15. The molecule has 3 N–H and O–H groups in total. The van der Waals surface area contributed by atoms with E-state index in [0.29, 0.717) is 5.56 Å². The fraction of sp³-hybridized carbons (Fsp3) is 0.333. The predicted octanol–water partition coefficient (Wildman–Crippen LogP) is 1.70.